The van der Waals surface area contributed by atoms with Crippen molar-refractivity contribution in [1.29, 1.82) is 0 Å². The lowest BCUT2D eigenvalue weighted by Crippen LogP contribution is -2.39. The molecule has 3 rings (SSSR count). The molecule has 0 saturated heterocycles. The summed E-state index contributed by atoms with van der Waals surface area (Å²) in [5.41, 5.74) is 1.32. The summed E-state index contributed by atoms with van der Waals surface area (Å²) in [7, 11) is 0. The number of rotatable bonds is 5. The molecule has 1 atom stereocenters. The number of aromatic nitrogens is 1. The number of furan rings is 1. The van der Waals surface area contributed by atoms with Crippen molar-refractivity contribution < 1.29 is 23.2 Å². The predicted octanol–water partition coefficient (Wildman–Crippen LogP) is 2.28. The van der Waals surface area contributed by atoms with Crippen LogP contribution < -0.4 is 5.32 Å². The Kier molecular flexibility index (Phi) is 4.09. The fourth-order valence-corrected chi connectivity index (χ4v) is 1.97. The highest BCUT2D eigenvalue weighted by Gasteiger charge is 2.20. The van der Waals surface area contributed by atoms with Gasteiger partial charge in [0.2, 0.25) is 5.89 Å². The van der Waals surface area contributed by atoms with Gasteiger partial charge in [0, 0.05) is 0 Å². The van der Waals surface area contributed by atoms with E-state index >= 15 is 0 Å². The topological polar surface area (TPSA) is 94.6 Å². The number of oxazole rings is 1. The van der Waals surface area contributed by atoms with Crippen LogP contribution in [0.1, 0.15) is 23.4 Å². The van der Waals surface area contributed by atoms with Crippen molar-refractivity contribution in [3.05, 3.63) is 54.3 Å². The van der Waals surface area contributed by atoms with Gasteiger partial charge in [-0.3, -0.25) is 4.79 Å². The number of nitrogens with one attached hydrogen (secondary N) is 1. The van der Waals surface area contributed by atoms with E-state index in [2.05, 4.69) is 10.3 Å². The summed E-state index contributed by atoms with van der Waals surface area (Å²) in [6.07, 6.45) is 1.38. The zero-order valence-corrected chi connectivity index (χ0v) is 12.3. The third kappa shape index (κ3) is 3.39. The number of carbonyl (C=O) groups excluding carboxylic acids is 2. The number of nitrogens with zero attached hydrogens (tertiary/aromatic N) is 1. The van der Waals surface area contributed by atoms with E-state index in [1.807, 2.05) is 12.1 Å². The number of ether oxygens (including phenoxy) is 1. The summed E-state index contributed by atoms with van der Waals surface area (Å²) in [5, 5.41) is 2.49. The van der Waals surface area contributed by atoms with E-state index in [0.29, 0.717) is 17.0 Å². The van der Waals surface area contributed by atoms with Crippen LogP contribution in [0.3, 0.4) is 0 Å². The Morgan fingerprint density at radius 2 is 2.09 bits per heavy atom. The SMILES string of the molecule is C[C@@H](NC(=O)c1ccco1)C(=O)OCc1nc2ccccc2o1. The summed E-state index contributed by atoms with van der Waals surface area (Å²) in [5.74, 6) is -0.652. The molecular weight excluding hydrogens is 300 g/mol. The van der Waals surface area contributed by atoms with Gasteiger partial charge in [-0.1, -0.05) is 12.1 Å². The largest absolute Gasteiger partial charge is 0.459 e. The minimum Gasteiger partial charge on any atom is -0.459 e. The van der Waals surface area contributed by atoms with Gasteiger partial charge in [-0.15, -0.1) is 0 Å². The fourth-order valence-electron chi connectivity index (χ4n) is 1.97. The van der Waals surface area contributed by atoms with Gasteiger partial charge in [0.05, 0.1) is 6.26 Å². The first-order valence-corrected chi connectivity index (χ1v) is 6.99. The van der Waals surface area contributed by atoms with Crippen LogP contribution in [0.25, 0.3) is 11.1 Å². The molecule has 2 aromatic heterocycles. The average molecular weight is 314 g/mol. The fraction of sp³-hybridized carbons (Fsp3) is 0.188. The summed E-state index contributed by atoms with van der Waals surface area (Å²) in [6, 6.07) is 9.52. The second kappa shape index (κ2) is 6.35. The lowest BCUT2D eigenvalue weighted by Gasteiger charge is -2.11. The van der Waals surface area contributed by atoms with Crippen molar-refractivity contribution in [2.45, 2.75) is 19.6 Å². The van der Waals surface area contributed by atoms with Gasteiger partial charge in [0.15, 0.2) is 18.0 Å². The predicted molar refractivity (Wildman–Crippen MR) is 79.4 cm³/mol. The zero-order valence-electron chi connectivity index (χ0n) is 12.3. The molecule has 0 aliphatic heterocycles. The summed E-state index contributed by atoms with van der Waals surface area (Å²) in [6.45, 7) is 1.42. The molecular formula is C16H14N2O5. The lowest BCUT2D eigenvalue weighted by atomic mass is 10.3. The van der Waals surface area contributed by atoms with E-state index in [-0.39, 0.29) is 12.4 Å². The number of para-hydroxylation sites is 2. The molecule has 0 unspecified atom stereocenters. The quantitative estimate of drug-likeness (QED) is 0.726. The van der Waals surface area contributed by atoms with Gasteiger partial charge in [-0.05, 0) is 31.2 Å². The highest BCUT2D eigenvalue weighted by atomic mass is 16.5. The Hall–Kier alpha value is -3.09. The number of hydrogen-bond donors (Lipinski definition) is 1. The maximum Gasteiger partial charge on any atom is 0.328 e. The first kappa shape index (κ1) is 14.8. The molecule has 0 bridgehead atoms. The summed E-state index contributed by atoms with van der Waals surface area (Å²) in [4.78, 5) is 27.9. The third-order valence-electron chi connectivity index (χ3n) is 3.12. The molecule has 0 aliphatic carbocycles. The molecule has 0 fully saturated rings. The molecule has 1 amide bonds. The van der Waals surface area contributed by atoms with Gasteiger partial charge in [-0.2, -0.15) is 0 Å². The van der Waals surface area contributed by atoms with E-state index in [1.54, 1.807) is 18.2 Å². The minimum atomic E-state index is -0.822. The Balaban J connectivity index is 1.55. The van der Waals surface area contributed by atoms with Crippen molar-refractivity contribution >= 4 is 23.0 Å². The molecule has 7 heteroatoms. The molecule has 1 aromatic carbocycles. The third-order valence-corrected chi connectivity index (χ3v) is 3.12. The van der Waals surface area contributed by atoms with Gasteiger partial charge >= 0.3 is 5.97 Å². The number of hydrogen-bond acceptors (Lipinski definition) is 6. The van der Waals surface area contributed by atoms with E-state index < -0.39 is 17.9 Å². The molecule has 23 heavy (non-hydrogen) atoms. The minimum absolute atomic E-state index is 0.103. The zero-order chi connectivity index (χ0) is 16.2. The molecule has 1 N–H and O–H groups in total. The van der Waals surface area contributed by atoms with Gasteiger partial charge < -0.3 is 18.9 Å². The maximum atomic E-state index is 11.9. The van der Waals surface area contributed by atoms with E-state index in [1.165, 1.54) is 19.3 Å². The smallest absolute Gasteiger partial charge is 0.328 e. The number of esters is 1. The molecule has 0 saturated carbocycles. The van der Waals surface area contributed by atoms with Crippen LogP contribution in [0.4, 0.5) is 0 Å². The van der Waals surface area contributed by atoms with Gasteiger partial charge in [0.25, 0.3) is 5.91 Å². The number of fused-ring (bicyclic) bond motifs is 1. The average Bonchev–Trinajstić information content (AvgIpc) is 3.21. The van der Waals surface area contributed by atoms with E-state index in [0.717, 1.165) is 0 Å². The van der Waals surface area contributed by atoms with Crippen LogP contribution in [-0.4, -0.2) is 22.9 Å². The van der Waals surface area contributed by atoms with Crippen molar-refractivity contribution in [2.24, 2.45) is 0 Å². The Labute approximate surface area is 131 Å². The van der Waals surface area contributed by atoms with E-state index in [4.69, 9.17) is 13.6 Å². The first-order chi connectivity index (χ1) is 11.1. The van der Waals surface area contributed by atoms with Crippen LogP contribution in [0, 0.1) is 0 Å². The highest BCUT2D eigenvalue weighted by molar-refractivity contribution is 5.94. The van der Waals surface area contributed by atoms with Crippen LogP contribution >= 0.6 is 0 Å². The van der Waals surface area contributed by atoms with Crippen molar-refractivity contribution in [3.63, 3.8) is 0 Å². The van der Waals surface area contributed by atoms with Crippen LogP contribution in [-0.2, 0) is 16.1 Å². The summed E-state index contributed by atoms with van der Waals surface area (Å²) >= 11 is 0. The second-order valence-corrected chi connectivity index (χ2v) is 4.86. The van der Waals surface area contributed by atoms with E-state index in [9.17, 15) is 9.59 Å². The van der Waals surface area contributed by atoms with Crippen molar-refractivity contribution in [3.8, 4) is 0 Å². The highest BCUT2D eigenvalue weighted by Crippen LogP contribution is 2.15. The van der Waals surface area contributed by atoms with Gasteiger partial charge in [-0.25, -0.2) is 9.78 Å². The van der Waals surface area contributed by atoms with Crippen LogP contribution in [0.15, 0.2) is 51.5 Å². The van der Waals surface area contributed by atoms with Crippen LogP contribution in [0.2, 0.25) is 0 Å². The number of carbonyl (C=O) groups is 2. The standard InChI is InChI=1S/C16H14N2O5/c1-10(17-15(19)13-7-4-8-21-13)16(20)22-9-14-18-11-5-2-3-6-12(11)23-14/h2-8,10H,9H2,1H3,(H,17,19)/t10-/m1/s1. The Morgan fingerprint density at radius 3 is 2.83 bits per heavy atom. The molecule has 2 heterocycles. The molecule has 0 radical (unpaired) electrons. The first-order valence-electron chi connectivity index (χ1n) is 6.99. The number of benzene rings is 1. The molecule has 7 nitrogen and oxygen atoms in total. The normalized spacial score (nSPS) is 12.0. The van der Waals surface area contributed by atoms with Gasteiger partial charge in [0.1, 0.15) is 11.6 Å². The monoisotopic (exact) mass is 314 g/mol. The number of amides is 1. The summed E-state index contributed by atoms with van der Waals surface area (Å²) < 4.78 is 15.5. The molecule has 118 valence electrons. The molecule has 3 aromatic rings. The molecule has 0 aliphatic rings. The Bertz CT molecular complexity index is 789. The van der Waals surface area contributed by atoms with Crippen molar-refractivity contribution in [2.75, 3.05) is 0 Å². The van der Waals surface area contributed by atoms with Crippen LogP contribution in [0.5, 0.6) is 0 Å². The Morgan fingerprint density at radius 1 is 1.26 bits per heavy atom. The second-order valence-electron chi connectivity index (χ2n) is 4.86. The maximum absolute atomic E-state index is 11.9. The van der Waals surface area contributed by atoms with Crippen molar-refractivity contribution in [1.82, 2.24) is 10.3 Å². The lowest BCUT2D eigenvalue weighted by molar-refractivity contribution is -0.147. The molecule has 0 spiro atoms.